The first-order valence-electron chi connectivity index (χ1n) is 7.74. The topological polar surface area (TPSA) is 61.9 Å². The summed E-state index contributed by atoms with van der Waals surface area (Å²) in [6.45, 7) is 2.03. The number of hydrogen-bond acceptors (Lipinski definition) is 3. The van der Waals surface area contributed by atoms with Crippen LogP contribution in [-0.2, 0) is 10.3 Å². The van der Waals surface area contributed by atoms with Crippen LogP contribution in [0.25, 0.3) is 0 Å². The lowest BCUT2D eigenvalue weighted by Crippen LogP contribution is -2.57. The van der Waals surface area contributed by atoms with Crippen molar-refractivity contribution >= 4 is 12.1 Å². The molecule has 3 fully saturated rings. The number of piperazine rings is 1. The Morgan fingerprint density at radius 3 is 2.73 bits per heavy atom. The molecule has 0 aromatic heterocycles. The summed E-state index contributed by atoms with van der Waals surface area (Å²) < 4.78 is 5.04. The average Bonchev–Trinajstić information content (AvgIpc) is 3.25. The Hall–Kier alpha value is -2.24. The van der Waals surface area contributed by atoms with Crippen LogP contribution in [0.2, 0.25) is 0 Å². The van der Waals surface area contributed by atoms with Crippen molar-refractivity contribution in [1.29, 1.82) is 0 Å². The van der Waals surface area contributed by atoms with Crippen molar-refractivity contribution in [2.75, 3.05) is 26.2 Å². The zero-order chi connectivity index (χ0) is 15.2. The van der Waals surface area contributed by atoms with Crippen LogP contribution >= 0.6 is 0 Å². The molecule has 22 heavy (non-hydrogen) atoms. The molecule has 1 aromatic carbocycles. The summed E-state index contributed by atoms with van der Waals surface area (Å²) in [6, 6.07) is 10.1. The molecule has 6 nitrogen and oxygen atoms in total. The first-order chi connectivity index (χ1) is 10.7. The Balaban J connectivity index is 1.42. The van der Waals surface area contributed by atoms with E-state index in [9.17, 15) is 9.59 Å². The number of cyclic esters (lactones) is 1. The molecular weight excluding hydrogens is 282 g/mol. The number of carbonyl (C=O) groups excluding carboxylic acids is 2. The monoisotopic (exact) mass is 301 g/mol. The molecule has 2 saturated heterocycles. The van der Waals surface area contributed by atoms with Gasteiger partial charge in [-0.15, -0.1) is 0 Å². The number of benzene rings is 1. The second-order valence-corrected chi connectivity index (χ2v) is 6.25. The van der Waals surface area contributed by atoms with Gasteiger partial charge >= 0.3 is 12.1 Å². The van der Waals surface area contributed by atoms with Crippen LogP contribution in [0.4, 0.5) is 9.59 Å². The van der Waals surface area contributed by atoms with Crippen molar-refractivity contribution < 1.29 is 14.3 Å². The predicted molar refractivity (Wildman–Crippen MR) is 79.3 cm³/mol. The lowest BCUT2D eigenvalue weighted by molar-refractivity contribution is 0.125. The Morgan fingerprint density at radius 1 is 1.23 bits per heavy atom. The molecule has 0 spiro atoms. The number of urea groups is 1. The molecule has 0 radical (unpaired) electrons. The maximum Gasteiger partial charge on any atom is 0.410 e. The molecule has 2 heterocycles. The summed E-state index contributed by atoms with van der Waals surface area (Å²) in [5.41, 5.74) is 0.971. The zero-order valence-electron chi connectivity index (χ0n) is 12.3. The van der Waals surface area contributed by atoms with Crippen LogP contribution in [-0.4, -0.2) is 54.2 Å². The molecule has 2 aliphatic heterocycles. The van der Waals surface area contributed by atoms with Crippen LogP contribution in [0, 0.1) is 0 Å². The van der Waals surface area contributed by atoms with Gasteiger partial charge in [-0.25, -0.2) is 9.59 Å². The molecule has 1 aliphatic carbocycles. The first kappa shape index (κ1) is 13.4. The maximum absolute atomic E-state index is 12.6. The van der Waals surface area contributed by atoms with Gasteiger partial charge in [-0.2, -0.15) is 0 Å². The minimum absolute atomic E-state index is 0.00104. The number of nitrogens with zero attached hydrogens (tertiary/aromatic N) is 2. The molecule has 3 amide bonds. The smallest absolute Gasteiger partial charge is 0.410 e. The number of nitrogens with one attached hydrogen (secondary N) is 1. The number of ether oxygens (including phenoxy) is 1. The molecule has 1 unspecified atom stereocenters. The summed E-state index contributed by atoms with van der Waals surface area (Å²) in [7, 11) is 0. The van der Waals surface area contributed by atoms with E-state index < -0.39 is 0 Å². The van der Waals surface area contributed by atoms with Crippen molar-refractivity contribution in [1.82, 2.24) is 15.1 Å². The third-order valence-corrected chi connectivity index (χ3v) is 4.83. The Labute approximate surface area is 129 Å². The van der Waals surface area contributed by atoms with Crippen molar-refractivity contribution in [3.05, 3.63) is 35.9 Å². The quantitative estimate of drug-likeness (QED) is 0.901. The standard InChI is InChI=1S/C16H19N3O3/c20-14(17-16(6-7-16)12-4-2-1-3-5-12)18-8-9-19-13(10-18)11-22-15(19)21/h1-5,13H,6-11H2,(H,17,20). The summed E-state index contributed by atoms with van der Waals surface area (Å²) >= 11 is 0. The summed E-state index contributed by atoms with van der Waals surface area (Å²) in [5, 5.41) is 3.19. The fourth-order valence-corrected chi connectivity index (χ4v) is 3.32. The highest BCUT2D eigenvalue weighted by atomic mass is 16.6. The molecule has 116 valence electrons. The molecule has 1 aromatic rings. The van der Waals surface area contributed by atoms with Gasteiger partial charge in [0.1, 0.15) is 6.61 Å². The van der Waals surface area contributed by atoms with Crippen LogP contribution in [0.3, 0.4) is 0 Å². The molecule has 6 heteroatoms. The first-order valence-corrected chi connectivity index (χ1v) is 7.74. The molecule has 1 N–H and O–H groups in total. The fraction of sp³-hybridized carbons (Fsp3) is 0.500. The van der Waals surface area contributed by atoms with Gasteiger partial charge in [0.2, 0.25) is 0 Å². The van der Waals surface area contributed by atoms with Crippen LogP contribution < -0.4 is 5.32 Å². The van der Waals surface area contributed by atoms with Crippen molar-refractivity contribution in [3.63, 3.8) is 0 Å². The average molecular weight is 301 g/mol. The number of rotatable bonds is 2. The number of hydrogen-bond donors (Lipinski definition) is 1. The van der Waals surface area contributed by atoms with Gasteiger partial charge in [0, 0.05) is 19.6 Å². The molecule has 4 rings (SSSR count). The molecule has 3 aliphatic rings. The molecule has 0 bridgehead atoms. The Kier molecular flexibility index (Phi) is 2.99. The van der Waals surface area contributed by atoms with Gasteiger partial charge in [-0.05, 0) is 18.4 Å². The highest BCUT2D eigenvalue weighted by Gasteiger charge is 2.47. The maximum atomic E-state index is 12.6. The van der Waals surface area contributed by atoms with Gasteiger partial charge in [0.25, 0.3) is 0 Å². The lowest BCUT2D eigenvalue weighted by Gasteiger charge is -2.36. The summed E-state index contributed by atoms with van der Waals surface area (Å²) in [6.07, 6.45) is 1.70. The van der Waals surface area contributed by atoms with E-state index >= 15 is 0 Å². The van der Waals surface area contributed by atoms with E-state index in [1.54, 1.807) is 9.80 Å². The van der Waals surface area contributed by atoms with Crippen molar-refractivity contribution in [2.24, 2.45) is 0 Å². The second kappa shape index (κ2) is 4.90. The fourth-order valence-electron chi connectivity index (χ4n) is 3.32. The Morgan fingerprint density at radius 2 is 2.00 bits per heavy atom. The van der Waals surface area contributed by atoms with E-state index in [4.69, 9.17) is 4.74 Å². The number of carbonyl (C=O) groups is 2. The minimum atomic E-state index is -0.256. The number of amides is 3. The third-order valence-electron chi connectivity index (χ3n) is 4.83. The van der Waals surface area contributed by atoms with Crippen LogP contribution in [0.1, 0.15) is 18.4 Å². The zero-order valence-corrected chi connectivity index (χ0v) is 12.3. The second-order valence-electron chi connectivity index (χ2n) is 6.25. The van der Waals surface area contributed by atoms with Crippen LogP contribution in [0.15, 0.2) is 30.3 Å². The molecule has 1 atom stereocenters. The molecule has 1 saturated carbocycles. The van der Waals surface area contributed by atoms with Crippen molar-refractivity contribution in [3.8, 4) is 0 Å². The van der Waals surface area contributed by atoms with Gasteiger partial charge < -0.3 is 15.0 Å². The minimum Gasteiger partial charge on any atom is -0.447 e. The highest BCUT2D eigenvalue weighted by molar-refractivity contribution is 5.77. The van der Waals surface area contributed by atoms with E-state index in [-0.39, 0.29) is 23.7 Å². The van der Waals surface area contributed by atoms with Gasteiger partial charge in [0.05, 0.1) is 11.6 Å². The van der Waals surface area contributed by atoms with E-state index in [2.05, 4.69) is 17.4 Å². The van der Waals surface area contributed by atoms with E-state index in [0.717, 1.165) is 12.8 Å². The summed E-state index contributed by atoms with van der Waals surface area (Å²) in [5.74, 6) is 0. The lowest BCUT2D eigenvalue weighted by atomic mass is 10.1. The van der Waals surface area contributed by atoms with Crippen molar-refractivity contribution in [2.45, 2.75) is 24.4 Å². The Bertz CT molecular complexity index is 600. The van der Waals surface area contributed by atoms with E-state index in [1.807, 2.05) is 18.2 Å². The SMILES string of the molecule is O=C(NC1(c2ccccc2)CC1)N1CCN2C(=O)OCC2C1. The number of fused-ring (bicyclic) bond motifs is 1. The normalized spacial score (nSPS) is 25.5. The third kappa shape index (κ3) is 2.19. The van der Waals surface area contributed by atoms with E-state index in [0.29, 0.717) is 26.2 Å². The predicted octanol–water partition coefficient (Wildman–Crippen LogP) is 1.52. The molecular formula is C16H19N3O3. The van der Waals surface area contributed by atoms with Gasteiger partial charge in [-0.1, -0.05) is 30.3 Å². The summed E-state index contributed by atoms with van der Waals surface area (Å²) in [4.78, 5) is 27.6. The highest BCUT2D eigenvalue weighted by Crippen LogP contribution is 2.45. The van der Waals surface area contributed by atoms with Gasteiger partial charge in [0.15, 0.2) is 0 Å². The van der Waals surface area contributed by atoms with Gasteiger partial charge in [-0.3, -0.25) is 4.90 Å². The van der Waals surface area contributed by atoms with E-state index in [1.165, 1.54) is 5.56 Å². The largest absolute Gasteiger partial charge is 0.447 e. The van der Waals surface area contributed by atoms with Crippen LogP contribution in [0.5, 0.6) is 0 Å².